The molecule has 0 unspecified atom stereocenters. The van der Waals surface area contributed by atoms with Gasteiger partial charge in [0.15, 0.2) is 23.3 Å². The second-order valence-corrected chi connectivity index (χ2v) is 9.86. The van der Waals surface area contributed by atoms with Crippen LogP contribution in [0.5, 0.6) is 5.75 Å². The summed E-state index contributed by atoms with van der Waals surface area (Å²) in [6.45, 7) is 0.868. The summed E-state index contributed by atoms with van der Waals surface area (Å²) in [7, 11) is 2.97. The van der Waals surface area contributed by atoms with Crippen molar-refractivity contribution in [3.63, 3.8) is 0 Å². The largest absolute Gasteiger partial charge is 0.496 e. The van der Waals surface area contributed by atoms with Gasteiger partial charge in [0.25, 0.3) is 5.56 Å². The predicted octanol–water partition coefficient (Wildman–Crippen LogP) is 4.19. The number of ether oxygens (including phenoxy) is 1. The summed E-state index contributed by atoms with van der Waals surface area (Å²) in [5.74, 6) is -4.23. The molecule has 2 aromatic heterocycles. The molecule has 0 aliphatic heterocycles. The molecule has 0 radical (unpaired) electrons. The summed E-state index contributed by atoms with van der Waals surface area (Å²) in [6, 6.07) is 9.55. The second kappa shape index (κ2) is 10.9. The fourth-order valence-electron chi connectivity index (χ4n) is 4.61. The summed E-state index contributed by atoms with van der Waals surface area (Å²) in [6.07, 6.45) is 0.601. The molecular weight excluding hydrogens is 563 g/mol. The fourth-order valence-corrected chi connectivity index (χ4v) is 4.84. The van der Waals surface area contributed by atoms with Crippen molar-refractivity contribution in [2.75, 3.05) is 7.11 Å². The lowest BCUT2D eigenvalue weighted by atomic mass is 9.99. The Bertz CT molecular complexity index is 1910. The number of nitrogens with zero attached hydrogens (tertiary/aromatic N) is 5. The predicted molar refractivity (Wildman–Crippen MR) is 146 cm³/mol. The lowest BCUT2D eigenvalue weighted by Crippen LogP contribution is -2.41. The molecule has 13 heteroatoms. The topological polar surface area (TPSA) is 104 Å². The Morgan fingerprint density at radius 1 is 1.02 bits per heavy atom. The van der Waals surface area contributed by atoms with E-state index in [0.29, 0.717) is 21.7 Å². The van der Waals surface area contributed by atoms with E-state index in [4.69, 9.17) is 16.3 Å². The Hall–Kier alpha value is -4.42. The van der Waals surface area contributed by atoms with Gasteiger partial charge in [-0.15, -0.1) is 0 Å². The van der Waals surface area contributed by atoms with Crippen molar-refractivity contribution in [1.29, 1.82) is 0 Å². The molecule has 2 heterocycles. The molecule has 5 aromatic rings. The van der Waals surface area contributed by atoms with Crippen molar-refractivity contribution in [2.24, 2.45) is 7.05 Å². The highest BCUT2D eigenvalue weighted by atomic mass is 35.5. The molecule has 9 nitrogen and oxygen atoms in total. The first-order valence-electron chi connectivity index (χ1n) is 12.3. The van der Waals surface area contributed by atoms with Gasteiger partial charge in [-0.05, 0) is 60.0 Å². The number of aromatic nitrogens is 5. The SMILES string of the molecule is COc1cc(-c2cc([C@H](C)O)ccc2Cl)cc2c1c(=O)n(Cc1ncn(C)n1)c(=O)n2Cc1cc(F)c(F)c(F)c1. The average molecular weight is 586 g/mol. The van der Waals surface area contributed by atoms with Gasteiger partial charge in [-0.3, -0.25) is 18.6 Å². The van der Waals surface area contributed by atoms with Crippen LogP contribution in [0.1, 0.15) is 30.0 Å². The van der Waals surface area contributed by atoms with Crippen molar-refractivity contribution in [3.05, 3.63) is 109 Å². The van der Waals surface area contributed by atoms with Gasteiger partial charge in [-0.2, -0.15) is 5.10 Å². The van der Waals surface area contributed by atoms with Gasteiger partial charge >= 0.3 is 5.69 Å². The number of hydrogen-bond donors (Lipinski definition) is 1. The first-order valence-corrected chi connectivity index (χ1v) is 12.7. The molecule has 0 saturated carbocycles. The van der Waals surface area contributed by atoms with E-state index in [0.717, 1.165) is 21.3 Å². The molecule has 0 fully saturated rings. The molecule has 1 N–H and O–H groups in total. The minimum atomic E-state index is -1.64. The quantitative estimate of drug-likeness (QED) is 0.287. The lowest BCUT2D eigenvalue weighted by Gasteiger charge is -2.18. The van der Waals surface area contributed by atoms with Crippen molar-refractivity contribution in [2.45, 2.75) is 26.1 Å². The highest BCUT2D eigenvalue weighted by molar-refractivity contribution is 6.33. The number of fused-ring (bicyclic) bond motifs is 1. The molecule has 3 aromatic carbocycles. The smallest absolute Gasteiger partial charge is 0.332 e. The van der Waals surface area contributed by atoms with Gasteiger partial charge in [0.05, 0.1) is 31.8 Å². The van der Waals surface area contributed by atoms with Crippen LogP contribution in [0.15, 0.2) is 58.4 Å². The van der Waals surface area contributed by atoms with Gasteiger partial charge in [0, 0.05) is 17.6 Å². The number of aliphatic hydroxyl groups excluding tert-OH is 1. The van der Waals surface area contributed by atoms with Crippen LogP contribution in [0.25, 0.3) is 22.0 Å². The fraction of sp³-hybridized carbons (Fsp3) is 0.214. The summed E-state index contributed by atoms with van der Waals surface area (Å²) >= 11 is 6.49. The van der Waals surface area contributed by atoms with E-state index in [1.54, 1.807) is 38.2 Å². The molecule has 0 amide bonds. The van der Waals surface area contributed by atoms with E-state index < -0.39 is 41.3 Å². The minimum Gasteiger partial charge on any atom is -0.496 e. The maximum absolute atomic E-state index is 14.1. The van der Waals surface area contributed by atoms with Gasteiger partial charge in [-0.25, -0.2) is 22.9 Å². The maximum Gasteiger partial charge on any atom is 0.332 e. The van der Waals surface area contributed by atoms with E-state index >= 15 is 0 Å². The van der Waals surface area contributed by atoms with Crippen LogP contribution in [0.3, 0.4) is 0 Å². The molecule has 0 bridgehead atoms. The van der Waals surface area contributed by atoms with Gasteiger partial charge in [-0.1, -0.05) is 17.7 Å². The molecule has 41 heavy (non-hydrogen) atoms. The molecule has 0 aliphatic carbocycles. The number of aryl methyl sites for hydroxylation is 1. The lowest BCUT2D eigenvalue weighted by molar-refractivity contribution is 0.199. The van der Waals surface area contributed by atoms with Crippen LogP contribution in [0, 0.1) is 17.5 Å². The Morgan fingerprint density at radius 2 is 1.73 bits per heavy atom. The molecule has 212 valence electrons. The summed E-state index contributed by atoms with van der Waals surface area (Å²) in [4.78, 5) is 31.6. The van der Waals surface area contributed by atoms with Crippen LogP contribution in [-0.4, -0.2) is 36.1 Å². The Labute approximate surface area is 235 Å². The Morgan fingerprint density at radius 3 is 2.34 bits per heavy atom. The third-order valence-electron chi connectivity index (χ3n) is 6.63. The molecule has 1 atom stereocenters. The van der Waals surface area contributed by atoms with Gasteiger partial charge in [0.2, 0.25) is 0 Å². The highest BCUT2D eigenvalue weighted by Gasteiger charge is 2.22. The number of methoxy groups -OCH3 is 1. The first-order chi connectivity index (χ1) is 19.5. The minimum absolute atomic E-state index is 0.00219. The van der Waals surface area contributed by atoms with Crippen molar-refractivity contribution >= 4 is 22.5 Å². The standard InChI is InChI=1S/C28H23ClF3N5O4/c1-14(38)16-4-5-19(29)18(8-16)17-9-22-25(23(10-17)41-3)27(39)37(12-24-33-13-35(2)34-24)28(40)36(22)11-15-6-20(30)26(32)21(31)7-15/h4-10,13-14,38H,11-12H2,1-3H3/t14-/m0/s1. The molecule has 0 spiro atoms. The normalized spacial score (nSPS) is 12.2. The maximum atomic E-state index is 14.1. The monoisotopic (exact) mass is 585 g/mol. The summed E-state index contributed by atoms with van der Waals surface area (Å²) in [5, 5.41) is 14.6. The van der Waals surface area contributed by atoms with Crippen LogP contribution >= 0.6 is 11.6 Å². The molecule has 0 saturated heterocycles. The third kappa shape index (κ3) is 5.23. The number of rotatable bonds is 7. The number of halogens is 4. The molecule has 5 rings (SSSR count). The second-order valence-electron chi connectivity index (χ2n) is 9.46. The zero-order valence-corrected chi connectivity index (χ0v) is 22.8. The highest BCUT2D eigenvalue weighted by Crippen LogP contribution is 2.36. The van der Waals surface area contributed by atoms with E-state index in [-0.39, 0.29) is 34.6 Å². The Balaban J connectivity index is 1.83. The van der Waals surface area contributed by atoms with Crippen LogP contribution < -0.4 is 16.0 Å². The zero-order chi connectivity index (χ0) is 29.6. The summed E-state index contributed by atoms with van der Waals surface area (Å²) < 4.78 is 50.9. The average Bonchev–Trinajstić information content (AvgIpc) is 3.35. The zero-order valence-electron chi connectivity index (χ0n) is 22.0. The van der Waals surface area contributed by atoms with Crippen LogP contribution in [0.2, 0.25) is 5.02 Å². The third-order valence-corrected chi connectivity index (χ3v) is 6.96. The molecule has 0 aliphatic rings. The van der Waals surface area contributed by atoms with Gasteiger partial charge in [0.1, 0.15) is 17.5 Å². The Kier molecular flexibility index (Phi) is 7.45. The van der Waals surface area contributed by atoms with E-state index in [2.05, 4.69) is 10.1 Å². The number of hydrogen-bond acceptors (Lipinski definition) is 6. The van der Waals surface area contributed by atoms with Crippen molar-refractivity contribution < 1.29 is 23.0 Å². The number of benzene rings is 3. The first kappa shape index (κ1) is 28.1. The van der Waals surface area contributed by atoms with Crippen molar-refractivity contribution in [1.82, 2.24) is 23.9 Å². The van der Waals surface area contributed by atoms with Gasteiger partial charge < -0.3 is 9.84 Å². The van der Waals surface area contributed by atoms with Crippen LogP contribution in [-0.2, 0) is 20.1 Å². The van der Waals surface area contributed by atoms with E-state index in [1.165, 1.54) is 24.2 Å². The van der Waals surface area contributed by atoms with Crippen molar-refractivity contribution in [3.8, 4) is 16.9 Å². The van der Waals surface area contributed by atoms with Crippen LogP contribution in [0.4, 0.5) is 13.2 Å². The molecular formula is C28H23ClF3N5O4. The summed E-state index contributed by atoms with van der Waals surface area (Å²) in [5.41, 5.74) is -0.0513. The van der Waals surface area contributed by atoms with E-state index in [1.807, 2.05) is 0 Å². The number of aliphatic hydroxyl groups is 1. The van der Waals surface area contributed by atoms with E-state index in [9.17, 15) is 27.9 Å².